The first kappa shape index (κ1) is 30.7. The van der Waals surface area contributed by atoms with Gasteiger partial charge in [-0.05, 0) is 88.2 Å². The minimum absolute atomic E-state index is 0.0481. The Balaban J connectivity index is 2.06. The molecule has 3 aromatic carbocycles. The standard InChI is InChI=1S/C30H35F2N3O4S/c1-6-27(29(37)33-30(3,4)5)34(19-22-9-11-23(31)12-10-22)28(36)20-35(25-15-7-21(2)8-16-25)40(38,39)26-17-13-24(32)14-18-26/h7-18,27H,6,19-20H2,1-5H3,(H,33,37)/t27-/m1/s1. The molecule has 1 N–H and O–H groups in total. The molecule has 0 aliphatic heterocycles. The molecule has 0 saturated heterocycles. The van der Waals surface area contributed by atoms with E-state index in [2.05, 4.69) is 5.32 Å². The van der Waals surface area contributed by atoms with Crippen molar-refractivity contribution in [2.75, 3.05) is 10.8 Å². The van der Waals surface area contributed by atoms with E-state index in [-0.39, 0.29) is 23.5 Å². The maximum atomic E-state index is 14.0. The van der Waals surface area contributed by atoms with Crippen molar-refractivity contribution < 1.29 is 26.8 Å². The third-order valence-corrected chi connectivity index (χ3v) is 7.94. The fourth-order valence-corrected chi connectivity index (χ4v) is 5.55. The molecule has 0 unspecified atom stereocenters. The zero-order chi connectivity index (χ0) is 29.7. The van der Waals surface area contributed by atoms with E-state index in [4.69, 9.17) is 0 Å². The molecule has 0 spiro atoms. The Morgan fingerprint density at radius 2 is 1.40 bits per heavy atom. The van der Waals surface area contributed by atoms with Crippen LogP contribution in [0.2, 0.25) is 0 Å². The highest BCUT2D eigenvalue weighted by Gasteiger charge is 2.34. The van der Waals surface area contributed by atoms with Crippen molar-refractivity contribution in [3.8, 4) is 0 Å². The zero-order valence-electron chi connectivity index (χ0n) is 23.3. The molecule has 0 bridgehead atoms. The van der Waals surface area contributed by atoms with E-state index in [0.29, 0.717) is 5.56 Å². The van der Waals surface area contributed by atoms with Gasteiger partial charge in [-0.3, -0.25) is 13.9 Å². The van der Waals surface area contributed by atoms with Crippen molar-refractivity contribution in [2.24, 2.45) is 0 Å². The van der Waals surface area contributed by atoms with Gasteiger partial charge in [0, 0.05) is 12.1 Å². The summed E-state index contributed by atoms with van der Waals surface area (Å²) in [6, 6.07) is 15.5. The fraction of sp³-hybridized carbons (Fsp3) is 0.333. The molecule has 0 radical (unpaired) electrons. The van der Waals surface area contributed by atoms with Crippen LogP contribution in [0.1, 0.15) is 45.2 Å². The van der Waals surface area contributed by atoms with Gasteiger partial charge < -0.3 is 10.2 Å². The fourth-order valence-electron chi connectivity index (χ4n) is 4.13. The van der Waals surface area contributed by atoms with Crippen molar-refractivity contribution in [1.29, 1.82) is 0 Å². The number of hydrogen-bond donors (Lipinski definition) is 1. The highest BCUT2D eigenvalue weighted by Crippen LogP contribution is 2.25. The van der Waals surface area contributed by atoms with Gasteiger partial charge in [0.15, 0.2) is 0 Å². The number of benzene rings is 3. The number of sulfonamides is 1. The van der Waals surface area contributed by atoms with Crippen LogP contribution in [-0.2, 0) is 26.2 Å². The number of halogens is 2. The molecule has 1 atom stereocenters. The molecular weight excluding hydrogens is 536 g/mol. The number of carbonyl (C=O) groups is 2. The minimum atomic E-state index is -4.30. The third kappa shape index (κ3) is 7.88. The van der Waals surface area contributed by atoms with E-state index in [1.54, 1.807) is 31.2 Å². The number of carbonyl (C=O) groups excluding carboxylic acids is 2. The molecule has 10 heteroatoms. The van der Waals surface area contributed by atoms with Crippen LogP contribution in [-0.4, -0.2) is 43.3 Å². The Hall–Kier alpha value is -3.79. The SMILES string of the molecule is CC[C@H](C(=O)NC(C)(C)C)N(Cc1ccc(F)cc1)C(=O)CN(c1ccc(C)cc1)S(=O)(=O)c1ccc(F)cc1. The average Bonchev–Trinajstić information content (AvgIpc) is 2.88. The van der Waals surface area contributed by atoms with Crippen molar-refractivity contribution in [1.82, 2.24) is 10.2 Å². The first-order valence-corrected chi connectivity index (χ1v) is 14.4. The minimum Gasteiger partial charge on any atom is -0.350 e. The Morgan fingerprint density at radius 3 is 1.90 bits per heavy atom. The largest absolute Gasteiger partial charge is 0.350 e. The first-order valence-electron chi connectivity index (χ1n) is 12.9. The molecule has 214 valence electrons. The molecule has 3 rings (SSSR count). The van der Waals surface area contributed by atoms with E-state index in [1.807, 2.05) is 27.7 Å². The van der Waals surface area contributed by atoms with Gasteiger partial charge in [0.25, 0.3) is 10.0 Å². The highest BCUT2D eigenvalue weighted by molar-refractivity contribution is 7.92. The lowest BCUT2D eigenvalue weighted by Crippen LogP contribution is -2.55. The van der Waals surface area contributed by atoms with Gasteiger partial charge in [-0.1, -0.05) is 36.8 Å². The van der Waals surface area contributed by atoms with Crippen molar-refractivity contribution in [3.05, 3.63) is 95.6 Å². The van der Waals surface area contributed by atoms with Gasteiger partial charge in [0.05, 0.1) is 10.6 Å². The summed E-state index contributed by atoms with van der Waals surface area (Å²) >= 11 is 0. The first-order chi connectivity index (χ1) is 18.7. The maximum Gasteiger partial charge on any atom is 0.264 e. The second kappa shape index (κ2) is 12.6. The monoisotopic (exact) mass is 571 g/mol. The maximum absolute atomic E-state index is 14.0. The van der Waals surface area contributed by atoms with Crippen molar-refractivity contribution in [3.63, 3.8) is 0 Å². The third-order valence-electron chi connectivity index (χ3n) is 6.15. The lowest BCUT2D eigenvalue weighted by molar-refractivity contribution is -0.141. The quantitative estimate of drug-likeness (QED) is 0.363. The molecule has 0 heterocycles. The van der Waals surface area contributed by atoms with Crippen molar-refractivity contribution >= 4 is 27.5 Å². The lowest BCUT2D eigenvalue weighted by atomic mass is 10.1. The number of hydrogen-bond acceptors (Lipinski definition) is 4. The van der Waals surface area contributed by atoms with Gasteiger partial charge in [0.1, 0.15) is 24.2 Å². The highest BCUT2D eigenvalue weighted by atomic mass is 32.2. The number of anilines is 1. The van der Waals surface area contributed by atoms with Crippen LogP contribution in [0.25, 0.3) is 0 Å². The second-order valence-electron chi connectivity index (χ2n) is 10.6. The van der Waals surface area contributed by atoms with E-state index >= 15 is 0 Å². The Morgan fingerprint density at radius 1 is 0.875 bits per heavy atom. The summed E-state index contributed by atoms with van der Waals surface area (Å²) in [5.74, 6) is -2.08. The lowest BCUT2D eigenvalue weighted by Gasteiger charge is -2.34. The van der Waals surface area contributed by atoms with Gasteiger partial charge >= 0.3 is 0 Å². The molecule has 3 aromatic rings. The smallest absolute Gasteiger partial charge is 0.264 e. The normalized spacial score (nSPS) is 12.5. The predicted octanol–water partition coefficient (Wildman–Crippen LogP) is 5.19. The molecule has 2 amide bonds. The van der Waals surface area contributed by atoms with Crippen LogP contribution < -0.4 is 9.62 Å². The second-order valence-corrected chi connectivity index (χ2v) is 12.5. The predicted molar refractivity (Wildman–Crippen MR) is 151 cm³/mol. The van der Waals surface area contributed by atoms with E-state index in [9.17, 15) is 26.8 Å². The summed E-state index contributed by atoms with van der Waals surface area (Å²) < 4.78 is 55.6. The van der Waals surface area contributed by atoms with Crippen LogP contribution in [0.4, 0.5) is 14.5 Å². The van der Waals surface area contributed by atoms with Crippen molar-refractivity contribution in [2.45, 2.75) is 64.1 Å². The van der Waals surface area contributed by atoms with Gasteiger partial charge in [-0.15, -0.1) is 0 Å². The summed E-state index contributed by atoms with van der Waals surface area (Å²) in [5.41, 5.74) is 1.11. The molecule has 0 aliphatic rings. The zero-order valence-corrected chi connectivity index (χ0v) is 24.1. The number of rotatable bonds is 10. The molecule has 7 nitrogen and oxygen atoms in total. The molecule has 0 saturated carbocycles. The Kier molecular flexibility index (Phi) is 9.68. The number of nitrogens with one attached hydrogen (secondary N) is 1. The van der Waals surface area contributed by atoms with E-state index in [1.165, 1.54) is 29.2 Å². The molecule has 0 aliphatic carbocycles. The molecule has 40 heavy (non-hydrogen) atoms. The number of amides is 2. The molecule has 0 fully saturated rings. The van der Waals surface area contributed by atoms with E-state index in [0.717, 1.165) is 34.1 Å². The van der Waals surface area contributed by atoms with Gasteiger partial charge in [0.2, 0.25) is 11.8 Å². The van der Waals surface area contributed by atoms with Gasteiger partial charge in [-0.2, -0.15) is 0 Å². The summed E-state index contributed by atoms with van der Waals surface area (Å²) in [7, 11) is -4.30. The molecular formula is C30H35F2N3O4S. The number of nitrogens with zero attached hydrogens (tertiary/aromatic N) is 2. The van der Waals surface area contributed by atoms with Crippen LogP contribution in [0.3, 0.4) is 0 Å². The topological polar surface area (TPSA) is 86.8 Å². The summed E-state index contributed by atoms with van der Waals surface area (Å²) in [6.07, 6.45) is 0.254. The summed E-state index contributed by atoms with van der Waals surface area (Å²) in [6.45, 7) is 8.38. The van der Waals surface area contributed by atoms with Crippen LogP contribution in [0, 0.1) is 18.6 Å². The van der Waals surface area contributed by atoms with E-state index < -0.39 is 51.6 Å². The van der Waals surface area contributed by atoms with Crippen LogP contribution in [0.5, 0.6) is 0 Å². The number of aryl methyl sites for hydroxylation is 1. The Bertz CT molecular complexity index is 1420. The average molecular weight is 572 g/mol. The van der Waals surface area contributed by atoms with Gasteiger partial charge in [-0.25, -0.2) is 17.2 Å². The summed E-state index contributed by atoms with van der Waals surface area (Å²) in [4.78, 5) is 28.4. The molecule has 0 aromatic heterocycles. The van der Waals surface area contributed by atoms with Crippen LogP contribution >= 0.6 is 0 Å². The Labute approximate surface area is 234 Å². The summed E-state index contributed by atoms with van der Waals surface area (Å²) in [5, 5.41) is 2.89. The van der Waals surface area contributed by atoms with Crippen LogP contribution in [0.15, 0.2) is 77.7 Å².